The molecule has 2 atom stereocenters. The molecule has 2 unspecified atom stereocenters. The molecule has 0 aliphatic carbocycles. The Morgan fingerprint density at radius 3 is 2.45 bits per heavy atom. The van der Waals surface area contributed by atoms with E-state index in [1.807, 2.05) is 20.8 Å². The van der Waals surface area contributed by atoms with Gasteiger partial charge in [-0.2, -0.15) is 9.57 Å². The second kappa shape index (κ2) is 8.63. The van der Waals surface area contributed by atoms with Gasteiger partial charge < -0.3 is 10.1 Å². The number of anilines is 1. The van der Waals surface area contributed by atoms with Crippen LogP contribution in [0.1, 0.15) is 41.6 Å². The van der Waals surface area contributed by atoms with Crippen LogP contribution in [0.25, 0.3) is 0 Å². The van der Waals surface area contributed by atoms with Crippen molar-refractivity contribution >= 4 is 32.3 Å². The molecule has 154 valence electrons. The van der Waals surface area contributed by atoms with Crippen LogP contribution in [0, 0.1) is 11.3 Å². The molecule has 0 radical (unpaired) electrons. The molecule has 1 amide bonds. The van der Waals surface area contributed by atoms with Gasteiger partial charge in [0.15, 0.2) is 0 Å². The Labute approximate surface area is 175 Å². The van der Waals surface area contributed by atoms with Crippen molar-refractivity contribution in [1.82, 2.24) is 4.31 Å². The maximum atomic E-state index is 12.9. The van der Waals surface area contributed by atoms with Crippen molar-refractivity contribution in [2.45, 2.75) is 44.3 Å². The minimum absolute atomic E-state index is 0.137. The third-order valence-corrected chi connectivity index (χ3v) is 7.66. The van der Waals surface area contributed by atoms with Gasteiger partial charge in [0.05, 0.1) is 22.7 Å². The summed E-state index contributed by atoms with van der Waals surface area (Å²) >= 11 is 1.36. The zero-order chi connectivity index (χ0) is 21.2. The molecule has 1 aliphatic rings. The number of hydrogen-bond acceptors (Lipinski definition) is 6. The molecule has 29 heavy (non-hydrogen) atoms. The van der Waals surface area contributed by atoms with E-state index in [4.69, 9.17) is 4.74 Å². The number of aryl methyl sites for hydroxylation is 1. The summed E-state index contributed by atoms with van der Waals surface area (Å²) in [4.78, 5) is 13.7. The van der Waals surface area contributed by atoms with Gasteiger partial charge in [0, 0.05) is 23.5 Å². The van der Waals surface area contributed by atoms with Crippen LogP contribution in [-0.2, 0) is 21.2 Å². The number of nitriles is 1. The summed E-state index contributed by atoms with van der Waals surface area (Å²) in [5.74, 6) is -0.386. The number of carbonyl (C=O) groups excluding carboxylic acids is 1. The summed E-state index contributed by atoms with van der Waals surface area (Å²) in [5, 5.41) is 12.5. The highest BCUT2D eigenvalue weighted by molar-refractivity contribution is 7.89. The van der Waals surface area contributed by atoms with Crippen molar-refractivity contribution in [2.75, 3.05) is 18.4 Å². The fraction of sp³-hybridized carbons (Fsp3) is 0.400. The first kappa shape index (κ1) is 21.5. The van der Waals surface area contributed by atoms with Crippen molar-refractivity contribution in [3.63, 3.8) is 0 Å². The van der Waals surface area contributed by atoms with Gasteiger partial charge >= 0.3 is 0 Å². The lowest BCUT2D eigenvalue weighted by molar-refractivity contribution is -0.0440. The molecule has 3 rings (SSSR count). The largest absolute Gasteiger partial charge is 0.373 e. The highest BCUT2D eigenvalue weighted by Gasteiger charge is 2.32. The van der Waals surface area contributed by atoms with Crippen LogP contribution in [0.4, 0.5) is 5.00 Å². The summed E-state index contributed by atoms with van der Waals surface area (Å²) in [7, 11) is -3.66. The van der Waals surface area contributed by atoms with E-state index in [1.165, 1.54) is 39.9 Å². The predicted octanol–water partition coefficient (Wildman–Crippen LogP) is 3.23. The number of carbonyl (C=O) groups is 1. The molecule has 1 N–H and O–H groups in total. The smallest absolute Gasteiger partial charge is 0.256 e. The SMILES string of the molecule is CCc1cc(C#N)c(NC(=O)c2ccc(S(=O)(=O)N3CC(C)OC(C)C3)cc2)s1. The zero-order valence-electron chi connectivity index (χ0n) is 16.5. The third-order valence-electron chi connectivity index (χ3n) is 4.62. The van der Waals surface area contributed by atoms with Gasteiger partial charge in [-0.15, -0.1) is 11.3 Å². The first-order valence-corrected chi connectivity index (χ1v) is 11.6. The van der Waals surface area contributed by atoms with Crippen LogP contribution in [0.3, 0.4) is 0 Å². The van der Waals surface area contributed by atoms with Gasteiger partial charge in [-0.3, -0.25) is 4.79 Å². The van der Waals surface area contributed by atoms with E-state index in [-0.39, 0.29) is 23.0 Å². The predicted molar refractivity (Wildman–Crippen MR) is 112 cm³/mol. The summed E-state index contributed by atoms with van der Waals surface area (Å²) in [6.07, 6.45) is 0.430. The van der Waals surface area contributed by atoms with E-state index in [9.17, 15) is 18.5 Å². The minimum Gasteiger partial charge on any atom is -0.373 e. The minimum atomic E-state index is -3.66. The van der Waals surface area contributed by atoms with Gasteiger partial charge in [-0.05, 0) is 50.6 Å². The molecule has 1 aliphatic heterocycles. The molecule has 1 aromatic heterocycles. The molecule has 7 nitrogen and oxygen atoms in total. The first-order valence-electron chi connectivity index (χ1n) is 9.34. The van der Waals surface area contributed by atoms with Crippen molar-refractivity contribution < 1.29 is 17.9 Å². The normalized spacial score (nSPS) is 20.2. The molecular weight excluding hydrogens is 410 g/mol. The first-order chi connectivity index (χ1) is 13.7. The Kier molecular flexibility index (Phi) is 6.39. The number of thiophene rings is 1. The number of ether oxygens (including phenoxy) is 1. The van der Waals surface area contributed by atoms with Gasteiger partial charge in [-0.1, -0.05) is 6.92 Å². The van der Waals surface area contributed by atoms with E-state index in [1.54, 1.807) is 6.07 Å². The highest BCUT2D eigenvalue weighted by Crippen LogP contribution is 2.28. The van der Waals surface area contributed by atoms with E-state index in [0.29, 0.717) is 29.2 Å². The quantitative estimate of drug-likeness (QED) is 0.780. The zero-order valence-corrected chi connectivity index (χ0v) is 18.1. The Morgan fingerprint density at radius 1 is 1.28 bits per heavy atom. The maximum Gasteiger partial charge on any atom is 0.256 e. The van der Waals surface area contributed by atoms with Crippen molar-refractivity contribution in [3.8, 4) is 6.07 Å². The Bertz CT molecular complexity index is 1030. The van der Waals surface area contributed by atoms with Crippen LogP contribution in [-0.4, -0.2) is 43.9 Å². The van der Waals surface area contributed by atoms with Crippen LogP contribution in [0.2, 0.25) is 0 Å². The Balaban J connectivity index is 1.77. The van der Waals surface area contributed by atoms with Crippen LogP contribution in [0.5, 0.6) is 0 Å². The van der Waals surface area contributed by atoms with Gasteiger partial charge in [0.25, 0.3) is 5.91 Å². The molecule has 1 aromatic carbocycles. The average molecular weight is 434 g/mol. The third kappa shape index (κ3) is 4.67. The molecule has 9 heteroatoms. The molecule has 0 saturated carbocycles. The molecular formula is C20H23N3O4S2. The van der Waals surface area contributed by atoms with Gasteiger partial charge in [-0.25, -0.2) is 8.42 Å². The molecule has 0 bridgehead atoms. The summed E-state index contributed by atoms with van der Waals surface area (Å²) in [6.45, 7) is 6.26. The van der Waals surface area contributed by atoms with Crippen LogP contribution < -0.4 is 5.32 Å². The van der Waals surface area contributed by atoms with E-state index in [2.05, 4.69) is 11.4 Å². The Morgan fingerprint density at radius 2 is 1.90 bits per heavy atom. The van der Waals surface area contributed by atoms with Gasteiger partial charge in [0.2, 0.25) is 10.0 Å². The monoisotopic (exact) mass is 433 g/mol. The number of amides is 1. The Hall–Kier alpha value is -2.25. The average Bonchev–Trinajstić information content (AvgIpc) is 3.09. The number of morpholine rings is 1. The highest BCUT2D eigenvalue weighted by atomic mass is 32.2. The molecule has 2 heterocycles. The number of nitrogens with one attached hydrogen (secondary N) is 1. The number of hydrogen-bond donors (Lipinski definition) is 1. The van der Waals surface area contributed by atoms with E-state index >= 15 is 0 Å². The van der Waals surface area contributed by atoms with E-state index < -0.39 is 10.0 Å². The summed E-state index contributed by atoms with van der Waals surface area (Å²) in [5.41, 5.74) is 0.748. The van der Waals surface area contributed by atoms with Crippen LogP contribution >= 0.6 is 11.3 Å². The fourth-order valence-corrected chi connectivity index (χ4v) is 5.75. The van der Waals surface area contributed by atoms with Crippen molar-refractivity contribution in [1.29, 1.82) is 5.26 Å². The summed E-state index contributed by atoms with van der Waals surface area (Å²) in [6, 6.07) is 9.68. The number of rotatable bonds is 5. The van der Waals surface area contributed by atoms with Crippen molar-refractivity contribution in [2.24, 2.45) is 0 Å². The molecule has 2 aromatic rings. The van der Waals surface area contributed by atoms with Crippen molar-refractivity contribution in [3.05, 3.63) is 46.3 Å². The standard InChI is InChI=1S/C20H23N3O4S2/c1-4-17-9-16(10-21)20(28-17)22-19(24)15-5-7-18(8-6-15)29(25,26)23-11-13(2)27-14(3)12-23/h5-9,13-14H,4,11-12H2,1-3H3,(H,22,24). The lowest BCUT2D eigenvalue weighted by atomic mass is 10.2. The van der Waals surface area contributed by atoms with E-state index in [0.717, 1.165) is 11.3 Å². The second-order valence-corrected chi connectivity index (χ2v) is 10.1. The second-order valence-electron chi connectivity index (χ2n) is 6.98. The molecule has 0 spiro atoms. The molecule has 1 fully saturated rings. The number of benzene rings is 1. The number of sulfonamides is 1. The maximum absolute atomic E-state index is 12.9. The topological polar surface area (TPSA) is 99.5 Å². The lowest BCUT2D eigenvalue weighted by Crippen LogP contribution is -2.48. The van der Waals surface area contributed by atoms with Gasteiger partial charge in [0.1, 0.15) is 11.1 Å². The number of nitrogens with zero attached hydrogens (tertiary/aromatic N) is 2. The molecule has 1 saturated heterocycles. The lowest BCUT2D eigenvalue weighted by Gasteiger charge is -2.34. The fourth-order valence-electron chi connectivity index (χ4n) is 3.22. The summed E-state index contributed by atoms with van der Waals surface area (Å²) < 4.78 is 32.8. The van der Waals surface area contributed by atoms with Crippen LogP contribution in [0.15, 0.2) is 35.2 Å².